The van der Waals surface area contributed by atoms with Crippen LogP contribution in [-0.4, -0.2) is 20.9 Å². The minimum absolute atomic E-state index is 0.627. The van der Waals surface area contributed by atoms with Crippen molar-refractivity contribution >= 4 is 21.7 Å². The number of rotatable bonds is 3. The molecule has 1 aromatic heterocycles. The van der Waals surface area contributed by atoms with Gasteiger partial charge in [-0.25, -0.2) is 4.98 Å². The van der Waals surface area contributed by atoms with Crippen molar-refractivity contribution in [2.24, 2.45) is 0 Å². The molecule has 1 aliphatic rings. The first-order valence-electron chi connectivity index (χ1n) is 5.79. The molecule has 2 heterocycles. The Labute approximate surface area is 118 Å². The van der Waals surface area contributed by atoms with Gasteiger partial charge in [0.25, 0.3) is 0 Å². The molecule has 0 bridgehead atoms. The minimum Gasteiger partial charge on any atom is -0.405 e. The average Bonchev–Trinajstić information content (AvgIpc) is 3.03. The number of hydroxylamine groups is 1. The van der Waals surface area contributed by atoms with Crippen molar-refractivity contribution in [3.8, 4) is 0 Å². The van der Waals surface area contributed by atoms with Gasteiger partial charge in [0.05, 0.1) is 6.33 Å². The van der Waals surface area contributed by atoms with Crippen LogP contribution in [-0.2, 0) is 11.4 Å². The van der Waals surface area contributed by atoms with Crippen LogP contribution >= 0.6 is 15.9 Å². The number of imidazole rings is 1. The van der Waals surface area contributed by atoms with E-state index in [1.54, 1.807) is 18.6 Å². The number of nitrogens with zero attached hydrogens (tertiary/aromatic N) is 2. The molecule has 2 aromatic rings. The van der Waals surface area contributed by atoms with Gasteiger partial charge in [0, 0.05) is 35.1 Å². The molecule has 98 valence electrons. The summed E-state index contributed by atoms with van der Waals surface area (Å²) in [6, 6.07) is 5.95. The number of nitrogens with one attached hydrogen (secondary N) is 1. The molecule has 0 radical (unpaired) electrons. The van der Waals surface area contributed by atoms with Crippen molar-refractivity contribution < 1.29 is 9.94 Å². The van der Waals surface area contributed by atoms with Crippen molar-refractivity contribution in [1.29, 1.82) is 0 Å². The van der Waals surface area contributed by atoms with Crippen molar-refractivity contribution in [3.63, 3.8) is 0 Å². The van der Waals surface area contributed by atoms with Crippen molar-refractivity contribution in [1.82, 2.24) is 15.0 Å². The van der Waals surface area contributed by atoms with Crippen LogP contribution in [0.5, 0.6) is 0 Å². The Bertz CT molecular complexity index is 610. The molecule has 0 amide bonds. The highest BCUT2D eigenvalue weighted by molar-refractivity contribution is 9.10. The normalized spacial score (nSPS) is 18.2. The summed E-state index contributed by atoms with van der Waals surface area (Å²) < 4.78 is 2.99. The Morgan fingerprint density at radius 2 is 2.37 bits per heavy atom. The van der Waals surface area contributed by atoms with Gasteiger partial charge in [-0.1, -0.05) is 28.1 Å². The molecule has 2 N–H and O–H groups in total. The maximum Gasteiger partial charge on any atom is 0.159 e. The van der Waals surface area contributed by atoms with Crippen LogP contribution < -0.4 is 5.48 Å². The molecule has 19 heavy (non-hydrogen) atoms. The highest BCUT2D eigenvalue weighted by atomic mass is 79.9. The maximum absolute atomic E-state index is 9.32. The number of hydrogen-bond donors (Lipinski definition) is 2. The Kier molecular flexibility index (Phi) is 3.37. The monoisotopic (exact) mass is 321 g/mol. The number of halogens is 1. The lowest BCUT2D eigenvalue weighted by atomic mass is 10.1. The Morgan fingerprint density at radius 1 is 1.47 bits per heavy atom. The molecule has 0 saturated carbocycles. The molecule has 1 unspecified atom stereocenters. The Balaban J connectivity index is 1.84. The van der Waals surface area contributed by atoms with Gasteiger partial charge >= 0.3 is 0 Å². The summed E-state index contributed by atoms with van der Waals surface area (Å²) in [5.74, 6) is 0.627. The van der Waals surface area contributed by atoms with Gasteiger partial charge < -0.3 is 14.5 Å². The van der Waals surface area contributed by atoms with E-state index in [1.165, 1.54) is 0 Å². The molecule has 1 atom stereocenters. The Hall–Kier alpha value is -1.63. The van der Waals surface area contributed by atoms with E-state index in [2.05, 4.69) is 26.4 Å². The van der Waals surface area contributed by atoms with Crippen molar-refractivity contribution in [3.05, 3.63) is 58.6 Å². The molecule has 5 nitrogen and oxygen atoms in total. The fourth-order valence-corrected chi connectivity index (χ4v) is 2.40. The molecule has 1 aliphatic heterocycles. The smallest absolute Gasteiger partial charge is 0.159 e. The summed E-state index contributed by atoms with van der Waals surface area (Å²) in [7, 11) is 0. The van der Waals surface area contributed by atoms with Crippen LogP contribution in [0.15, 0.2) is 47.5 Å². The van der Waals surface area contributed by atoms with E-state index in [0.717, 1.165) is 22.1 Å². The summed E-state index contributed by atoms with van der Waals surface area (Å²) in [5.41, 5.74) is 4.53. The van der Waals surface area contributed by atoms with Gasteiger partial charge in [-0.3, -0.25) is 0 Å². The van der Waals surface area contributed by atoms with Crippen LogP contribution in [0, 0.1) is 0 Å². The molecule has 0 aliphatic carbocycles. The third-order valence-corrected chi connectivity index (χ3v) is 3.59. The first-order valence-corrected chi connectivity index (χ1v) is 6.58. The molecule has 6 heteroatoms. The lowest BCUT2D eigenvalue weighted by Crippen LogP contribution is -2.19. The molecular formula is C13H12BrN3O2. The van der Waals surface area contributed by atoms with E-state index in [4.69, 9.17) is 4.84 Å². The first-order chi connectivity index (χ1) is 9.22. The minimum atomic E-state index is -0.751. The fourth-order valence-electron chi connectivity index (χ4n) is 1.90. The summed E-state index contributed by atoms with van der Waals surface area (Å²) in [6.45, 7) is 0.752. The summed E-state index contributed by atoms with van der Waals surface area (Å²) in [5, 5.41) is 9.32. The van der Waals surface area contributed by atoms with Gasteiger partial charge in [-0.2, -0.15) is 0 Å². The van der Waals surface area contributed by atoms with Gasteiger partial charge in [-0.05, 0) is 11.6 Å². The highest BCUT2D eigenvalue weighted by Gasteiger charge is 2.16. The standard InChI is InChI=1S/C13H12BrN3O2/c14-11-5-9(12-6-13(18)16-19-12)1-2-10(11)7-17-4-3-15-8-17/h1-6,8,13,16,18H,7H2. The average molecular weight is 322 g/mol. The SMILES string of the molecule is OC1C=C(c2ccc(Cn3ccnc3)c(Br)c2)ON1. The van der Waals surface area contributed by atoms with Crippen LogP contribution in [0.1, 0.15) is 11.1 Å². The zero-order valence-corrected chi connectivity index (χ0v) is 11.5. The molecule has 0 fully saturated rings. The number of aliphatic hydroxyl groups excluding tert-OH is 1. The summed E-state index contributed by atoms with van der Waals surface area (Å²) >= 11 is 3.56. The van der Waals surface area contributed by atoms with E-state index >= 15 is 0 Å². The lowest BCUT2D eigenvalue weighted by molar-refractivity contribution is 0.0566. The highest BCUT2D eigenvalue weighted by Crippen LogP contribution is 2.26. The number of benzene rings is 1. The largest absolute Gasteiger partial charge is 0.405 e. The zero-order chi connectivity index (χ0) is 13.2. The van der Waals surface area contributed by atoms with Gasteiger partial charge in [0.15, 0.2) is 12.0 Å². The number of aliphatic hydroxyl groups is 1. The molecule has 0 spiro atoms. The lowest BCUT2D eigenvalue weighted by Gasteiger charge is -2.08. The topological polar surface area (TPSA) is 59.3 Å². The predicted octanol–water partition coefficient (Wildman–Crippen LogP) is 1.89. The van der Waals surface area contributed by atoms with Crippen molar-refractivity contribution in [2.75, 3.05) is 0 Å². The summed E-state index contributed by atoms with van der Waals surface area (Å²) in [6.07, 6.45) is 6.33. The predicted molar refractivity (Wildman–Crippen MR) is 73.7 cm³/mol. The third-order valence-electron chi connectivity index (χ3n) is 2.85. The van der Waals surface area contributed by atoms with Gasteiger partial charge in [0.2, 0.25) is 0 Å². The second-order valence-corrected chi connectivity index (χ2v) is 5.09. The van der Waals surface area contributed by atoms with Crippen LogP contribution in [0.4, 0.5) is 0 Å². The first kappa shape index (κ1) is 12.4. The molecule has 0 saturated heterocycles. The second kappa shape index (κ2) is 5.16. The summed E-state index contributed by atoms with van der Waals surface area (Å²) in [4.78, 5) is 9.20. The number of hydrogen-bond acceptors (Lipinski definition) is 4. The molecule has 1 aromatic carbocycles. The van der Waals surface area contributed by atoms with E-state index < -0.39 is 6.23 Å². The van der Waals surface area contributed by atoms with Crippen LogP contribution in [0.25, 0.3) is 5.76 Å². The Morgan fingerprint density at radius 3 is 3.00 bits per heavy atom. The van der Waals surface area contributed by atoms with Crippen LogP contribution in [0.2, 0.25) is 0 Å². The van der Waals surface area contributed by atoms with Gasteiger partial charge in [0.1, 0.15) is 0 Å². The third kappa shape index (κ3) is 2.70. The molecular weight excluding hydrogens is 310 g/mol. The van der Waals surface area contributed by atoms with E-state index in [0.29, 0.717) is 5.76 Å². The number of aromatic nitrogens is 2. The van der Waals surface area contributed by atoms with Gasteiger partial charge in [-0.15, -0.1) is 5.48 Å². The fraction of sp³-hybridized carbons (Fsp3) is 0.154. The zero-order valence-electron chi connectivity index (χ0n) is 9.95. The van der Waals surface area contributed by atoms with Crippen LogP contribution in [0.3, 0.4) is 0 Å². The molecule has 3 rings (SSSR count). The quantitative estimate of drug-likeness (QED) is 0.906. The maximum atomic E-state index is 9.32. The van der Waals surface area contributed by atoms with Crippen molar-refractivity contribution in [2.45, 2.75) is 12.8 Å². The second-order valence-electron chi connectivity index (χ2n) is 4.24. The van der Waals surface area contributed by atoms with E-state index in [-0.39, 0.29) is 0 Å². The van der Waals surface area contributed by atoms with E-state index in [9.17, 15) is 5.11 Å². The van der Waals surface area contributed by atoms with E-state index in [1.807, 2.05) is 29.0 Å².